The number of H-pyrrole nitrogens is 1. The first-order chi connectivity index (χ1) is 38.3. The van der Waals surface area contributed by atoms with Crippen LogP contribution in [0.15, 0.2) is 90.7 Å². The molecule has 0 unspecified atom stereocenters. The predicted octanol–water partition coefficient (Wildman–Crippen LogP) is 6.38. The van der Waals surface area contributed by atoms with E-state index in [1.807, 2.05) is 75.7 Å². The van der Waals surface area contributed by atoms with Crippen LogP contribution in [0.25, 0.3) is 32.6 Å². The third-order valence-corrected chi connectivity index (χ3v) is 18.4. The van der Waals surface area contributed by atoms with Crippen molar-refractivity contribution in [2.24, 2.45) is 11.3 Å². The molecular weight excluding hydrogens is 1060 g/mol. The summed E-state index contributed by atoms with van der Waals surface area (Å²) in [5.41, 5.74) is 7.05. The van der Waals surface area contributed by atoms with E-state index in [1.165, 1.54) is 17.2 Å². The Bertz CT molecular complexity index is 3340. The van der Waals surface area contributed by atoms with Crippen molar-refractivity contribution in [2.45, 2.75) is 84.3 Å². The first kappa shape index (κ1) is 56.6. The lowest BCUT2D eigenvalue weighted by Crippen LogP contribution is -2.59. The fraction of sp³-hybridized carbons (Fsp3) is 0.448. The second-order valence-corrected chi connectivity index (χ2v) is 25.2. The molecule has 18 nitrogen and oxygen atoms in total. The number of aliphatic hydroxyl groups is 1. The third kappa shape index (κ3) is 12.9. The fourth-order valence-electron chi connectivity index (χ4n) is 11.3. The van der Waals surface area contributed by atoms with E-state index in [9.17, 15) is 37.1 Å². The highest BCUT2D eigenvalue weighted by Crippen LogP contribution is 2.32. The molecule has 3 aromatic carbocycles. The number of rotatable bonds is 17. The van der Waals surface area contributed by atoms with Gasteiger partial charge in [-0.25, -0.2) is 18.7 Å². The Morgan fingerprint density at radius 2 is 1.57 bits per heavy atom. The van der Waals surface area contributed by atoms with E-state index in [2.05, 4.69) is 57.1 Å². The molecule has 4 atom stereocenters. The second kappa shape index (κ2) is 23.8. The Hall–Kier alpha value is -6.69. The van der Waals surface area contributed by atoms with Crippen molar-refractivity contribution in [2.75, 3.05) is 81.6 Å². The summed E-state index contributed by atoms with van der Waals surface area (Å²) in [6, 6.07) is 19.5. The number of likely N-dealkylation sites (tertiary alicyclic amines) is 2. The number of anilines is 2. The largest absolute Gasteiger partial charge is 0.391 e. The van der Waals surface area contributed by atoms with Crippen molar-refractivity contribution in [3.05, 3.63) is 119 Å². The lowest BCUT2D eigenvalue weighted by molar-refractivity contribution is -0.144. The smallest absolute Gasteiger partial charge is 0.301 e. The number of amides is 3. The summed E-state index contributed by atoms with van der Waals surface area (Å²) in [7, 11) is -4.11. The number of ketones is 1. The standard InChI is InChI=1S/C58H69F2N11O7S2/c1-36-53(79-35-64-36)40-7-5-37(6-8-40)28-63-56(75)50-27-45(72)33-71(50)57(76)54(58(2,3)4)65-51(73)34-67-18-15-38(16-19-67)31-68-21-23-69(24-22-68)44-12-9-39(10-13-44)41-25-46-48(30-62-55(46)61-29-41)52(74)47-26-43(11-14-49(47)60)66-80(77,78)70-20-17-42(59)32-70/h5-14,25-26,29-30,35,38,42,45,50,54,66,72H,15-24,27-28,31-34H2,1-4H3,(H,61,62)(H,63,75)(H,65,73)/t42-,45-,50+,54-/m1/s1. The number of β-amino-alcohol motifs (C(OH)–C–C–N with tert-alkyl or cyclic N) is 1. The molecule has 0 bridgehead atoms. The number of hydrogen-bond acceptors (Lipinski definition) is 13. The summed E-state index contributed by atoms with van der Waals surface area (Å²) >= 11 is 1.58. The number of aliphatic hydroxyl groups excluding tert-OH is 1. The number of pyridine rings is 1. The first-order valence-corrected chi connectivity index (χ1v) is 29.7. The van der Waals surface area contributed by atoms with Gasteiger partial charge in [0.15, 0.2) is 5.78 Å². The van der Waals surface area contributed by atoms with Crippen LogP contribution >= 0.6 is 11.3 Å². The van der Waals surface area contributed by atoms with Gasteiger partial charge in [0.25, 0.3) is 0 Å². The second-order valence-electron chi connectivity index (χ2n) is 22.7. The number of aromatic nitrogens is 3. The number of aromatic amines is 1. The average Bonchev–Trinajstić information content (AvgIpc) is 4.35. The van der Waals surface area contributed by atoms with Gasteiger partial charge in [0, 0.05) is 99.9 Å². The summed E-state index contributed by atoms with van der Waals surface area (Å²) in [6.45, 7) is 13.8. The molecule has 0 aliphatic carbocycles. The summed E-state index contributed by atoms with van der Waals surface area (Å²) in [6.07, 6.45) is 3.15. The number of carbonyl (C=O) groups is 4. The topological polar surface area (TPSA) is 217 Å². The number of fused-ring (bicyclic) bond motifs is 1. The molecule has 10 rings (SSSR count). The van der Waals surface area contributed by atoms with Crippen molar-refractivity contribution >= 4 is 67.5 Å². The molecule has 424 valence electrons. The number of hydrogen-bond donors (Lipinski definition) is 5. The highest BCUT2D eigenvalue weighted by atomic mass is 32.2. The number of nitrogens with zero attached hydrogens (tertiary/aromatic N) is 7. The lowest BCUT2D eigenvalue weighted by Gasteiger charge is -2.40. The van der Waals surface area contributed by atoms with E-state index in [0.717, 1.165) is 114 Å². The molecule has 5 N–H and O–H groups in total. The molecule has 4 fully saturated rings. The minimum Gasteiger partial charge on any atom is -0.391 e. The molecule has 6 aromatic rings. The molecular formula is C58H69F2N11O7S2. The van der Waals surface area contributed by atoms with Crippen LogP contribution < -0.4 is 20.3 Å². The van der Waals surface area contributed by atoms with E-state index in [4.69, 9.17) is 0 Å². The van der Waals surface area contributed by atoms with E-state index in [0.29, 0.717) is 17.0 Å². The third-order valence-electron chi connectivity index (χ3n) is 15.9. The summed E-state index contributed by atoms with van der Waals surface area (Å²) in [4.78, 5) is 76.7. The maximum Gasteiger partial charge on any atom is 0.301 e. The molecule has 3 aromatic heterocycles. The van der Waals surface area contributed by atoms with Gasteiger partial charge in [-0.2, -0.15) is 12.7 Å². The maximum atomic E-state index is 15.2. The van der Waals surface area contributed by atoms with Gasteiger partial charge in [0.1, 0.15) is 29.7 Å². The molecule has 80 heavy (non-hydrogen) atoms. The number of thiazole rings is 1. The van der Waals surface area contributed by atoms with Gasteiger partial charge in [-0.3, -0.25) is 33.7 Å². The average molecular weight is 1130 g/mol. The molecule has 0 radical (unpaired) electrons. The Balaban J connectivity index is 0.673. The number of aryl methyl sites for hydroxylation is 1. The van der Waals surface area contributed by atoms with E-state index >= 15 is 4.39 Å². The Labute approximate surface area is 469 Å². The van der Waals surface area contributed by atoms with Crippen LogP contribution in [0, 0.1) is 24.1 Å². The van der Waals surface area contributed by atoms with Gasteiger partial charge in [0.05, 0.1) is 40.0 Å². The number of carbonyl (C=O) groups excluding carboxylic acids is 4. The van der Waals surface area contributed by atoms with Gasteiger partial charge in [-0.15, -0.1) is 11.3 Å². The highest BCUT2D eigenvalue weighted by Gasteiger charge is 2.45. The van der Waals surface area contributed by atoms with Crippen LogP contribution in [0.5, 0.6) is 0 Å². The van der Waals surface area contributed by atoms with Crippen LogP contribution in [0.1, 0.15) is 73.6 Å². The summed E-state index contributed by atoms with van der Waals surface area (Å²) < 4.78 is 58.0. The molecule has 22 heteroatoms. The van der Waals surface area contributed by atoms with Gasteiger partial charge in [-0.05, 0) is 104 Å². The SMILES string of the molecule is Cc1ncsc1-c1ccc(CNC(=O)[C@@H]2C[C@@H](O)CN2C(=O)[C@@H](NC(=O)CN2CCC(CN3CCN(c4ccc(-c5cnc6[nH]cc(C(=O)c7cc(NS(=O)(=O)N8CC[C@@H](F)C8)ccc7F)c6c5)cc4)CC3)CC2)C(C)(C)C)cc1. The van der Waals surface area contributed by atoms with Crippen LogP contribution in [0.2, 0.25) is 0 Å². The van der Waals surface area contributed by atoms with Crippen LogP contribution in [-0.2, 0) is 31.1 Å². The minimum atomic E-state index is -4.11. The Morgan fingerprint density at radius 3 is 2.25 bits per heavy atom. The monoisotopic (exact) mass is 1130 g/mol. The van der Waals surface area contributed by atoms with Crippen molar-refractivity contribution in [3.8, 4) is 21.6 Å². The van der Waals surface area contributed by atoms with Crippen molar-refractivity contribution in [1.29, 1.82) is 0 Å². The van der Waals surface area contributed by atoms with E-state index in [1.54, 1.807) is 17.5 Å². The summed E-state index contributed by atoms with van der Waals surface area (Å²) in [5, 5.41) is 17.2. The molecule has 7 heterocycles. The van der Waals surface area contributed by atoms with Crippen molar-refractivity contribution in [3.63, 3.8) is 0 Å². The molecule has 3 amide bonds. The van der Waals surface area contributed by atoms with Gasteiger partial charge < -0.3 is 30.5 Å². The molecule has 0 spiro atoms. The highest BCUT2D eigenvalue weighted by molar-refractivity contribution is 7.90. The van der Waals surface area contributed by atoms with Crippen molar-refractivity contribution < 1.29 is 41.5 Å². The number of piperidine rings is 1. The maximum absolute atomic E-state index is 15.2. The van der Waals surface area contributed by atoms with Crippen molar-refractivity contribution in [1.82, 2.24) is 44.6 Å². The van der Waals surface area contributed by atoms with Crippen LogP contribution in [0.3, 0.4) is 0 Å². The molecule has 4 saturated heterocycles. The number of benzene rings is 3. The summed E-state index contributed by atoms with van der Waals surface area (Å²) in [5.74, 6) is -1.97. The van der Waals surface area contributed by atoms with Gasteiger partial charge >= 0.3 is 10.2 Å². The minimum absolute atomic E-state index is 0.00765. The quantitative estimate of drug-likeness (QED) is 0.0630. The number of halogens is 2. The van der Waals surface area contributed by atoms with Crippen LogP contribution in [-0.4, -0.2) is 167 Å². The molecule has 0 saturated carbocycles. The molecule has 4 aliphatic rings. The zero-order chi connectivity index (χ0) is 56.5. The Morgan fingerprint density at radius 1 is 0.850 bits per heavy atom. The molecule has 4 aliphatic heterocycles. The predicted molar refractivity (Wildman–Crippen MR) is 304 cm³/mol. The number of piperazine rings is 1. The van der Waals surface area contributed by atoms with Gasteiger partial charge in [-0.1, -0.05) is 57.2 Å². The van der Waals surface area contributed by atoms with Gasteiger partial charge in [0.2, 0.25) is 17.7 Å². The van der Waals surface area contributed by atoms with E-state index in [-0.39, 0.29) is 80.1 Å². The normalized spacial score (nSPS) is 20.3. The number of alkyl halides is 1. The Kier molecular flexibility index (Phi) is 16.8. The lowest BCUT2D eigenvalue weighted by atomic mass is 9.85. The fourth-order valence-corrected chi connectivity index (χ4v) is 13.4. The number of nitrogens with one attached hydrogen (secondary N) is 4. The zero-order valence-electron chi connectivity index (χ0n) is 45.5. The van der Waals surface area contributed by atoms with Crippen LogP contribution in [0.4, 0.5) is 20.2 Å². The van der Waals surface area contributed by atoms with E-state index < -0.39 is 51.6 Å². The zero-order valence-corrected chi connectivity index (χ0v) is 47.1. The first-order valence-electron chi connectivity index (χ1n) is 27.3.